The molecule has 0 aliphatic carbocycles. The van der Waals surface area contributed by atoms with Gasteiger partial charge in [0.1, 0.15) is 0 Å². The fourth-order valence-corrected chi connectivity index (χ4v) is 1.73. The fraction of sp³-hybridized carbons (Fsp3) is 0. The molecule has 1 aromatic heterocycles. The van der Waals surface area contributed by atoms with E-state index in [-0.39, 0.29) is 5.88 Å². The van der Waals surface area contributed by atoms with Gasteiger partial charge in [0.05, 0.1) is 10.1 Å². The molecule has 0 unspecified atom stereocenters. The highest BCUT2D eigenvalue weighted by atomic mass is 35.5. The van der Waals surface area contributed by atoms with Crippen molar-refractivity contribution in [2.45, 2.75) is 0 Å². The maximum Gasteiger partial charge on any atom is 0.230 e. The molecule has 0 aliphatic heterocycles. The van der Waals surface area contributed by atoms with Crippen LogP contribution in [0.15, 0.2) is 18.2 Å². The van der Waals surface area contributed by atoms with Crippen molar-refractivity contribution in [3.63, 3.8) is 0 Å². The summed E-state index contributed by atoms with van der Waals surface area (Å²) in [7, 11) is 0. The number of hydrogen-bond acceptors (Lipinski definition) is 3. The highest BCUT2D eigenvalue weighted by molar-refractivity contribution is 7.13. The summed E-state index contributed by atoms with van der Waals surface area (Å²) >= 11 is 6.98. The lowest BCUT2D eigenvalue weighted by molar-refractivity contribution is 0.466. The molecule has 0 fully saturated rings. The van der Waals surface area contributed by atoms with Crippen molar-refractivity contribution in [1.29, 1.82) is 0 Å². The van der Waals surface area contributed by atoms with Gasteiger partial charge < -0.3 is 5.11 Å². The lowest BCUT2D eigenvalue weighted by atomic mass is 10.3. The van der Waals surface area contributed by atoms with Crippen LogP contribution in [0.25, 0.3) is 10.1 Å². The first-order valence-corrected chi connectivity index (χ1v) is 4.16. The summed E-state index contributed by atoms with van der Waals surface area (Å²) in [6.07, 6.45) is 0. The van der Waals surface area contributed by atoms with Gasteiger partial charge in [-0.1, -0.05) is 11.6 Å². The molecule has 11 heavy (non-hydrogen) atoms. The summed E-state index contributed by atoms with van der Waals surface area (Å²) in [4.78, 5) is 0. The van der Waals surface area contributed by atoms with Crippen molar-refractivity contribution in [3.05, 3.63) is 23.2 Å². The molecule has 1 N–H and O–H groups in total. The smallest absolute Gasteiger partial charge is 0.230 e. The number of aromatic nitrogens is 1. The number of fused-ring (bicyclic) bond motifs is 1. The summed E-state index contributed by atoms with van der Waals surface area (Å²) in [5.41, 5.74) is 0. The van der Waals surface area contributed by atoms with Crippen LogP contribution in [0.1, 0.15) is 0 Å². The molecule has 2 aromatic rings. The zero-order valence-electron chi connectivity index (χ0n) is 5.41. The summed E-state index contributed by atoms with van der Waals surface area (Å²) in [5.74, 6) is 0.0625. The second kappa shape index (κ2) is 2.36. The second-order valence-electron chi connectivity index (χ2n) is 2.15. The Morgan fingerprint density at radius 2 is 2.27 bits per heavy atom. The van der Waals surface area contributed by atoms with Gasteiger partial charge in [-0.2, -0.15) is 4.37 Å². The lowest BCUT2D eigenvalue weighted by Gasteiger charge is -1.88. The molecule has 1 heterocycles. The van der Waals surface area contributed by atoms with Crippen LogP contribution in [0, 0.1) is 0 Å². The van der Waals surface area contributed by atoms with Crippen LogP contribution in [0.2, 0.25) is 5.02 Å². The Labute approximate surface area is 72.2 Å². The van der Waals surface area contributed by atoms with Crippen molar-refractivity contribution in [1.82, 2.24) is 4.37 Å². The Hall–Kier alpha value is -0.800. The van der Waals surface area contributed by atoms with E-state index in [0.29, 0.717) is 5.02 Å². The Morgan fingerprint density at radius 1 is 1.45 bits per heavy atom. The van der Waals surface area contributed by atoms with E-state index in [0.717, 1.165) is 10.1 Å². The van der Waals surface area contributed by atoms with Gasteiger partial charge in [0.2, 0.25) is 5.88 Å². The van der Waals surface area contributed by atoms with Crippen molar-refractivity contribution in [2.75, 3.05) is 0 Å². The number of aromatic hydroxyl groups is 1. The molecule has 0 bridgehead atoms. The monoisotopic (exact) mass is 185 g/mol. The topological polar surface area (TPSA) is 33.1 Å². The van der Waals surface area contributed by atoms with E-state index in [4.69, 9.17) is 11.6 Å². The molecule has 4 heteroatoms. The molecule has 0 saturated heterocycles. The van der Waals surface area contributed by atoms with E-state index in [1.807, 2.05) is 6.07 Å². The average molecular weight is 186 g/mol. The number of rotatable bonds is 0. The third-order valence-corrected chi connectivity index (χ3v) is 2.46. The van der Waals surface area contributed by atoms with E-state index in [1.165, 1.54) is 11.5 Å². The van der Waals surface area contributed by atoms with Crippen molar-refractivity contribution in [3.8, 4) is 5.88 Å². The summed E-state index contributed by atoms with van der Waals surface area (Å²) < 4.78 is 4.73. The van der Waals surface area contributed by atoms with Crippen LogP contribution in [-0.4, -0.2) is 9.48 Å². The first kappa shape index (κ1) is 6.88. The first-order valence-electron chi connectivity index (χ1n) is 3.01. The minimum atomic E-state index is 0.0625. The molecule has 2 rings (SSSR count). The molecule has 0 atom stereocenters. The van der Waals surface area contributed by atoms with Gasteiger partial charge in [-0.15, -0.1) is 0 Å². The quantitative estimate of drug-likeness (QED) is 0.685. The predicted molar refractivity (Wildman–Crippen MR) is 46.3 cm³/mol. The van der Waals surface area contributed by atoms with E-state index >= 15 is 0 Å². The second-order valence-corrected chi connectivity index (χ2v) is 3.39. The summed E-state index contributed by atoms with van der Waals surface area (Å²) in [5, 5.41) is 10.5. The standard InChI is InChI=1S/C7H4ClNOS/c8-4-1-2-6-5(3-4)7(10)9-11-6/h1-3H,(H,9,10). The van der Waals surface area contributed by atoms with E-state index in [2.05, 4.69) is 4.37 Å². The van der Waals surface area contributed by atoms with Gasteiger partial charge in [-0.3, -0.25) is 0 Å². The lowest BCUT2D eigenvalue weighted by Crippen LogP contribution is -1.64. The van der Waals surface area contributed by atoms with Crippen molar-refractivity contribution in [2.24, 2.45) is 0 Å². The van der Waals surface area contributed by atoms with Gasteiger partial charge in [0.25, 0.3) is 0 Å². The third-order valence-electron chi connectivity index (χ3n) is 1.41. The number of hydrogen-bond donors (Lipinski definition) is 1. The third kappa shape index (κ3) is 1.06. The van der Waals surface area contributed by atoms with Crippen LogP contribution in [0.4, 0.5) is 0 Å². The Morgan fingerprint density at radius 3 is 3.09 bits per heavy atom. The van der Waals surface area contributed by atoms with Gasteiger partial charge in [0, 0.05) is 5.02 Å². The molecule has 0 spiro atoms. The largest absolute Gasteiger partial charge is 0.492 e. The Balaban J connectivity index is 2.87. The highest BCUT2D eigenvalue weighted by Gasteiger charge is 2.03. The van der Waals surface area contributed by atoms with Gasteiger partial charge >= 0.3 is 0 Å². The maximum absolute atomic E-state index is 9.18. The van der Waals surface area contributed by atoms with E-state index < -0.39 is 0 Å². The van der Waals surface area contributed by atoms with Crippen LogP contribution < -0.4 is 0 Å². The minimum Gasteiger partial charge on any atom is -0.492 e. The predicted octanol–water partition coefficient (Wildman–Crippen LogP) is 2.66. The summed E-state index contributed by atoms with van der Waals surface area (Å²) in [6.45, 7) is 0. The molecule has 56 valence electrons. The molecule has 2 nitrogen and oxygen atoms in total. The van der Waals surface area contributed by atoms with Gasteiger partial charge in [0.15, 0.2) is 0 Å². The van der Waals surface area contributed by atoms with Crippen LogP contribution in [0.5, 0.6) is 5.88 Å². The van der Waals surface area contributed by atoms with Crippen molar-refractivity contribution < 1.29 is 5.11 Å². The van der Waals surface area contributed by atoms with Crippen LogP contribution in [-0.2, 0) is 0 Å². The molecule has 0 amide bonds. The maximum atomic E-state index is 9.18. The van der Waals surface area contributed by atoms with Crippen LogP contribution in [0.3, 0.4) is 0 Å². The molecular formula is C7H4ClNOS. The number of benzene rings is 1. The number of nitrogens with zero attached hydrogens (tertiary/aromatic N) is 1. The molecule has 0 radical (unpaired) electrons. The molecule has 0 aliphatic rings. The Bertz CT molecular complexity index is 398. The minimum absolute atomic E-state index is 0.0625. The van der Waals surface area contributed by atoms with E-state index in [9.17, 15) is 5.11 Å². The zero-order chi connectivity index (χ0) is 7.84. The molecule has 1 aromatic carbocycles. The SMILES string of the molecule is Oc1nsc2ccc(Cl)cc12. The van der Waals surface area contributed by atoms with Gasteiger partial charge in [-0.25, -0.2) is 0 Å². The van der Waals surface area contributed by atoms with Gasteiger partial charge in [-0.05, 0) is 29.7 Å². The zero-order valence-corrected chi connectivity index (χ0v) is 6.99. The van der Waals surface area contributed by atoms with E-state index in [1.54, 1.807) is 12.1 Å². The first-order chi connectivity index (χ1) is 5.27. The van der Waals surface area contributed by atoms with Crippen molar-refractivity contribution >= 4 is 33.2 Å². The van der Waals surface area contributed by atoms with Crippen LogP contribution >= 0.6 is 23.1 Å². The Kier molecular flexibility index (Phi) is 1.47. The average Bonchev–Trinajstić information content (AvgIpc) is 2.33. The highest BCUT2D eigenvalue weighted by Crippen LogP contribution is 2.29. The number of halogens is 1. The fourth-order valence-electron chi connectivity index (χ4n) is 0.898. The molecular weight excluding hydrogens is 182 g/mol. The molecule has 0 saturated carbocycles. The summed E-state index contributed by atoms with van der Waals surface area (Å²) in [6, 6.07) is 5.33. The normalized spacial score (nSPS) is 10.6.